The second-order valence-electron chi connectivity index (χ2n) is 4.58. The van der Waals surface area contributed by atoms with Gasteiger partial charge in [0.2, 0.25) is 0 Å². The van der Waals surface area contributed by atoms with E-state index in [1.54, 1.807) is 0 Å². The van der Waals surface area contributed by atoms with E-state index in [1.807, 2.05) is 24.3 Å². The summed E-state index contributed by atoms with van der Waals surface area (Å²) in [6, 6.07) is 11.7. The molecular weight excluding hydrogens is 333 g/mol. The van der Waals surface area contributed by atoms with E-state index < -0.39 is 16.3 Å². The van der Waals surface area contributed by atoms with Gasteiger partial charge in [-0.15, -0.1) is 0 Å². The lowest BCUT2D eigenvalue weighted by Crippen LogP contribution is -2.20. The molecule has 2 aromatic carbocycles. The van der Waals surface area contributed by atoms with Crippen molar-refractivity contribution in [1.82, 2.24) is 5.32 Å². The van der Waals surface area contributed by atoms with Crippen LogP contribution in [-0.4, -0.2) is 8.42 Å². The van der Waals surface area contributed by atoms with Gasteiger partial charge in [-0.1, -0.05) is 47.5 Å². The predicted octanol–water partition coefficient (Wildman–Crippen LogP) is 3.50. The van der Waals surface area contributed by atoms with Crippen molar-refractivity contribution in [1.29, 1.82) is 0 Å². The third-order valence-electron chi connectivity index (χ3n) is 3.20. The van der Waals surface area contributed by atoms with E-state index in [0.29, 0.717) is 6.54 Å². The molecule has 1 aliphatic heterocycles. The van der Waals surface area contributed by atoms with Crippen LogP contribution in [0.3, 0.4) is 0 Å². The minimum Gasteiger partial charge on any atom is -0.283 e. The molecule has 0 radical (unpaired) electrons. The van der Waals surface area contributed by atoms with E-state index in [1.165, 1.54) is 18.2 Å². The zero-order chi connectivity index (χ0) is 15.0. The summed E-state index contributed by atoms with van der Waals surface area (Å²) in [5.41, 5.74) is 1.81. The predicted molar refractivity (Wildman–Crippen MR) is 80.8 cm³/mol. The minimum atomic E-state index is -4.02. The van der Waals surface area contributed by atoms with E-state index >= 15 is 0 Å². The fraction of sp³-hybridized carbons (Fsp3) is 0.143. The lowest BCUT2D eigenvalue weighted by Gasteiger charge is -2.14. The number of hydrogen-bond acceptors (Lipinski definition) is 4. The Morgan fingerprint density at radius 3 is 2.71 bits per heavy atom. The normalized spacial score (nSPS) is 17.7. The molecule has 1 N–H and O–H groups in total. The highest BCUT2D eigenvalue weighted by Gasteiger charge is 2.29. The summed E-state index contributed by atoms with van der Waals surface area (Å²) in [5.74, 6) is 0. The fourth-order valence-corrected chi connectivity index (χ4v) is 3.94. The van der Waals surface area contributed by atoms with Crippen LogP contribution in [-0.2, 0) is 20.8 Å². The van der Waals surface area contributed by atoms with Crippen molar-refractivity contribution in [2.45, 2.75) is 17.7 Å². The van der Waals surface area contributed by atoms with E-state index in [0.717, 1.165) is 11.1 Å². The van der Waals surface area contributed by atoms with Gasteiger partial charge in [0.05, 0.1) is 5.02 Å². The van der Waals surface area contributed by atoms with Crippen LogP contribution in [0.5, 0.6) is 0 Å². The quantitative estimate of drug-likeness (QED) is 0.866. The summed E-state index contributed by atoms with van der Waals surface area (Å²) in [6.07, 6.45) is -0.721. The van der Waals surface area contributed by atoms with Crippen LogP contribution in [0.15, 0.2) is 47.4 Å². The van der Waals surface area contributed by atoms with E-state index in [4.69, 9.17) is 27.4 Å². The maximum atomic E-state index is 12.4. The Hall–Kier alpha value is -1.11. The van der Waals surface area contributed by atoms with Crippen LogP contribution in [0.1, 0.15) is 17.4 Å². The molecule has 1 aliphatic rings. The van der Waals surface area contributed by atoms with Crippen molar-refractivity contribution in [3.63, 3.8) is 0 Å². The molecule has 21 heavy (non-hydrogen) atoms. The zero-order valence-corrected chi connectivity index (χ0v) is 13.0. The second kappa shape index (κ2) is 5.59. The summed E-state index contributed by atoms with van der Waals surface area (Å²) in [6.45, 7) is 0.555. The summed E-state index contributed by atoms with van der Waals surface area (Å²) < 4.78 is 30.0. The molecule has 3 rings (SSSR count). The van der Waals surface area contributed by atoms with Gasteiger partial charge in [0.1, 0.15) is 4.90 Å². The molecule has 0 aromatic heterocycles. The maximum Gasteiger partial charge on any atom is 0.300 e. The lowest BCUT2D eigenvalue weighted by molar-refractivity contribution is 0.187. The highest BCUT2D eigenvalue weighted by Crippen LogP contribution is 2.32. The van der Waals surface area contributed by atoms with Gasteiger partial charge in [0.15, 0.2) is 6.23 Å². The largest absolute Gasteiger partial charge is 0.300 e. The molecule has 0 saturated heterocycles. The van der Waals surface area contributed by atoms with Crippen molar-refractivity contribution in [3.05, 3.63) is 63.6 Å². The Morgan fingerprint density at radius 1 is 1.14 bits per heavy atom. The van der Waals surface area contributed by atoms with E-state index in [2.05, 4.69) is 5.32 Å². The molecule has 0 spiro atoms. The van der Waals surface area contributed by atoms with Crippen LogP contribution < -0.4 is 5.32 Å². The highest BCUT2D eigenvalue weighted by atomic mass is 35.5. The number of nitrogens with one attached hydrogen (secondary N) is 1. The molecule has 1 heterocycles. The van der Waals surface area contributed by atoms with E-state index in [-0.39, 0.29) is 14.9 Å². The molecule has 0 saturated carbocycles. The van der Waals surface area contributed by atoms with Gasteiger partial charge in [-0.25, -0.2) is 4.18 Å². The Labute approximate surface area is 132 Å². The first kappa shape index (κ1) is 14.8. The first-order valence-corrected chi connectivity index (χ1v) is 8.33. The molecule has 0 amide bonds. The average Bonchev–Trinajstić information content (AvgIpc) is 2.84. The minimum absolute atomic E-state index is 0.0747. The van der Waals surface area contributed by atoms with Crippen LogP contribution in [0.4, 0.5) is 0 Å². The van der Waals surface area contributed by atoms with Gasteiger partial charge in [0.25, 0.3) is 10.1 Å². The third kappa shape index (κ3) is 2.93. The van der Waals surface area contributed by atoms with Crippen LogP contribution in [0.2, 0.25) is 10.0 Å². The van der Waals surface area contributed by atoms with Gasteiger partial charge >= 0.3 is 0 Å². The third-order valence-corrected chi connectivity index (χ3v) is 5.20. The van der Waals surface area contributed by atoms with Crippen molar-refractivity contribution in [2.75, 3.05) is 0 Å². The average molecular weight is 344 g/mol. The summed E-state index contributed by atoms with van der Waals surface area (Å²) in [7, 11) is -4.02. The second-order valence-corrected chi connectivity index (χ2v) is 6.97. The molecule has 4 nitrogen and oxygen atoms in total. The molecule has 0 aliphatic carbocycles. The standard InChI is InChI=1S/C14H11Cl2NO3S/c15-10-5-6-12(16)13(7-10)21(18,19)20-14-11-4-2-1-3-9(11)8-17-14/h1-7,14,17H,8H2. The van der Waals surface area contributed by atoms with Gasteiger partial charge in [-0.3, -0.25) is 5.32 Å². The number of halogens is 2. The Bertz CT molecular complexity index is 793. The van der Waals surface area contributed by atoms with E-state index in [9.17, 15) is 8.42 Å². The van der Waals surface area contributed by atoms with Crippen molar-refractivity contribution in [3.8, 4) is 0 Å². The zero-order valence-electron chi connectivity index (χ0n) is 10.7. The maximum absolute atomic E-state index is 12.4. The van der Waals surface area contributed by atoms with Gasteiger partial charge in [0, 0.05) is 17.1 Å². The number of fused-ring (bicyclic) bond motifs is 1. The molecule has 0 fully saturated rings. The summed E-state index contributed by atoms with van der Waals surface area (Å²) in [4.78, 5) is -0.136. The number of hydrogen-bond donors (Lipinski definition) is 1. The molecule has 7 heteroatoms. The number of rotatable bonds is 3. The lowest BCUT2D eigenvalue weighted by atomic mass is 10.1. The van der Waals surface area contributed by atoms with Crippen LogP contribution in [0.25, 0.3) is 0 Å². The van der Waals surface area contributed by atoms with Crippen LogP contribution in [0, 0.1) is 0 Å². The van der Waals surface area contributed by atoms with Gasteiger partial charge < -0.3 is 0 Å². The topological polar surface area (TPSA) is 55.4 Å². The summed E-state index contributed by atoms with van der Waals surface area (Å²) in [5, 5.41) is 3.36. The Balaban J connectivity index is 1.93. The Morgan fingerprint density at radius 2 is 1.90 bits per heavy atom. The van der Waals surface area contributed by atoms with Crippen molar-refractivity contribution >= 4 is 33.3 Å². The molecule has 110 valence electrons. The monoisotopic (exact) mass is 343 g/mol. The highest BCUT2D eigenvalue weighted by molar-refractivity contribution is 7.86. The smallest absolute Gasteiger partial charge is 0.283 e. The number of benzene rings is 2. The molecule has 1 unspecified atom stereocenters. The van der Waals surface area contributed by atoms with Gasteiger partial charge in [-0.2, -0.15) is 8.42 Å². The molecule has 0 bridgehead atoms. The molecule has 1 atom stereocenters. The molecular formula is C14H11Cl2NO3S. The first-order chi connectivity index (χ1) is 9.97. The first-order valence-electron chi connectivity index (χ1n) is 6.17. The SMILES string of the molecule is O=S(=O)(OC1NCc2ccccc21)c1cc(Cl)ccc1Cl. The van der Waals surface area contributed by atoms with Crippen molar-refractivity contribution in [2.24, 2.45) is 0 Å². The fourth-order valence-electron chi connectivity index (χ4n) is 2.20. The van der Waals surface area contributed by atoms with Crippen molar-refractivity contribution < 1.29 is 12.6 Å². The van der Waals surface area contributed by atoms with Crippen LogP contribution >= 0.6 is 23.2 Å². The summed E-state index contributed by atoms with van der Waals surface area (Å²) >= 11 is 11.8. The van der Waals surface area contributed by atoms with Gasteiger partial charge in [-0.05, 0) is 23.8 Å². The Kier molecular flexibility index (Phi) is 3.94. The molecule has 2 aromatic rings.